The summed E-state index contributed by atoms with van der Waals surface area (Å²) in [4.78, 5) is 10.8. The molecule has 0 saturated carbocycles. The Labute approximate surface area is 157 Å². The molecule has 0 radical (unpaired) electrons. The summed E-state index contributed by atoms with van der Waals surface area (Å²) in [6.45, 7) is 0.542. The number of carbonyl (C=O) groups is 1. The fourth-order valence-corrected chi connectivity index (χ4v) is 2.90. The highest BCUT2D eigenvalue weighted by molar-refractivity contribution is 5.74. The third-order valence-corrected chi connectivity index (χ3v) is 4.33. The van der Waals surface area contributed by atoms with Gasteiger partial charge in [0.1, 0.15) is 18.1 Å². The lowest BCUT2D eigenvalue weighted by molar-refractivity contribution is 0.110. The molecule has 132 valence electrons. The molecule has 3 heteroatoms. The fourth-order valence-electron chi connectivity index (χ4n) is 2.90. The maximum absolute atomic E-state index is 10.8. The topological polar surface area (TPSA) is 39.4 Å². The highest BCUT2D eigenvalue weighted by Gasteiger charge is 2.06. The monoisotopic (exact) mass is 354 g/mol. The van der Waals surface area contributed by atoms with E-state index >= 15 is 0 Å². The van der Waals surface area contributed by atoms with Crippen molar-refractivity contribution in [2.45, 2.75) is 6.61 Å². The molecule has 1 aromatic heterocycles. The smallest absolute Gasteiger partial charge is 0.185 e. The molecular weight excluding hydrogens is 336 g/mol. The summed E-state index contributed by atoms with van der Waals surface area (Å²) in [5.74, 6) is 1.85. The van der Waals surface area contributed by atoms with Gasteiger partial charge in [0.25, 0.3) is 0 Å². The molecule has 3 aromatic carbocycles. The normalized spacial score (nSPS) is 10.5. The second kappa shape index (κ2) is 7.75. The standard InChI is InChI=1S/C24H18O3/c25-16-23-13-14-24(27-23)20-11-9-19(10-12-20)21-7-4-8-22(15-21)26-17-18-5-2-1-3-6-18/h1-16H,17H2. The van der Waals surface area contributed by atoms with Crippen LogP contribution in [0.2, 0.25) is 0 Å². The van der Waals surface area contributed by atoms with E-state index < -0.39 is 0 Å². The summed E-state index contributed by atoms with van der Waals surface area (Å²) >= 11 is 0. The Morgan fingerprint density at radius 3 is 2.26 bits per heavy atom. The molecule has 0 aliphatic heterocycles. The molecular formula is C24H18O3. The van der Waals surface area contributed by atoms with Crippen LogP contribution in [-0.4, -0.2) is 6.29 Å². The molecule has 3 nitrogen and oxygen atoms in total. The van der Waals surface area contributed by atoms with Crippen molar-refractivity contribution in [2.75, 3.05) is 0 Å². The van der Waals surface area contributed by atoms with E-state index in [1.807, 2.05) is 72.8 Å². The summed E-state index contributed by atoms with van der Waals surface area (Å²) in [6, 6.07) is 29.7. The van der Waals surface area contributed by atoms with Crippen LogP contribution in [0.1, 0.15) is 16.1 Å². The molecule has 0 atom stereocenters. The first-order chi connectivity index (χ1) is 13.3. The third-order valence-electron chi connectivity index (χ3n) is 4.33. The molecule has 0 amide bonds. The Balaban J connectivity index is 1.50. The van der Waals surface area contributed by atoms with E-state index in [0.29, 0.717) is 24.4 Å². The lowest BCUT2D eigenvalue weighted by Crippen LogP contribution is -1.94. The summed E-state index contributed by atoms with van der Waals surface area (Å²) in [5, 5.41) is 0. The van der Waals surface area contributed by atoms with Crippen molar-refractivity contribution >= 4 is 6.29 Å². The zero-order chi connectivity index (χ0) is 18.5. The van der Waals surface area contributed by atoms with Gasteiger partial charge in [-0.15, -0.1) is 0 Å². The van der Waals surface area contributed by atoms with E-state index in [4.69, 9.17) is 9.15 Å². The number of rotatable bonds is 6. The maximum Gasteiger partial charge on any atom is 0.185 e. The van der Waals surface area contributed by atoms with Crippen LogP contribution in [0.3, 0.4) is 0 Å². The Hall–Kier alpha value is -3.59. The maximum atomic E-state index is 10.8. The number of hydrogen-bond acceptors (Lipinski definition) is 3. The molecule has 0 aliphatic rings. The first-order valence-corrected chi connectivity index (χ1v) is 8.74. The molecule has 0 N–H and O–H groups in total. The lowest BCUT2D eigenvalue weighted by atomic mass is 10.0. The zero-order valence-corrected chi connectivity index (χ0v) is 14.7. The van der Waals surface area contributed by atoms with Gasteiger partial charge in [0.05, 0.1) is 0 Å². The average molecular weight is 354 g/mol. The molecule has 4 aromatic rings. The van der Waals surface area contributed by atoms with E-state index in [2.05, 4.69) is 6.07 Å². The first-order valence-electron chi connectivity index (χ1n) is 8.74. The second-order valence-corrected chi connectivity index (χ2v) is 6.20. The highest BCUT2D eigenvalue weighted by atomic mass is 16.5. The fraction of sp³-hybridized carbons (Fsp3) is 0.0417. The van der Waals surface area contributed by atoms with E-state index in [9.17, 15) is 4.79 Å². The van der Waals surface area contributed by atoms with Crippen molar-refractivity contribution < 1.29 is 13.9 Å². The quantitative estimate of drug-likeness (QED) is 0.398. The summed E-state index contributed by atoms with van der Waals surface area (Å²) < 4.78 is 11.4. The largest absolute Gasteiger partial charge is 0.489 e. The minimum Gasteiger partial charge on any atom is -0.489 e. The van der Waals surface area contributed by atoms with Crippen LogP contribution in [-0.2, 0) is 6.61 Å². The highest BCUT2D eigenvalue weighted by Crippen LogP contribution is 2.28. The number of hydrogen-bond donors (Lipinski definition) is 0. The van der Waals surface area contributed by atoms with Crippen LogP contribution in [0.25, 0.3) is 22.5 Å². The molecule has 0 fully saturated rings. The predicted octanol–water partition coefficient (Wildman–Crippen LogP) is 6.01. The van der Waals surface area contributed by atoms with Gasteiger partial charge in [-0.05, 0) is 41.0 Å². The number of aldehydes is 1. The number of benzene rings is 3. The number of furan rings is 1. The van der Waals surface area contributed by atoms with Gasteiger partial charge in [0.2, 0.25) is 0 Å². The number of ether oxygens (including phenoxy) is 1. The average Bonchev–Trinajstić information content (AvgIpc) is 3.23. The van der Waals surface area contributed by atoms with Crippen LogP contribution in [0.15, 0.2) is 95.4 Å². The van der Waals surface area contributed by atoms with Crippen molar-refractivity contribution in [1.29, 1.82) is 0 Å². The molecule has 0 bridgehead atoms. The third kappa shape index (κ3) is 3.98. The van der Waals surface area contributed by atoms with Crippen molar-refractivity contribution in [3.05, 3.63) is 102 Å². The Bertz CT molecular complexity index is 1030. The van der Waals surface area contributed by atoms with E-state index in [1.165, 1.54) is 0 Å². The van der Waals surface area contributed by atoms with Gasteiger partial charge in [-0.2, -0.15) is 0 Å². The van der Waals surface area contributed by atoms with Crippen LogP contribution >= 0.6 is 0 Å². The van der Waals surface area contributed by atoms with Crippen LogP contribution in [0.5, 0.6) is 5.75 Å². The molecule has 0 saturated heterocycles. The van der Waals surface area contributed by atoms with Crippen molar-refractivity contribution in [2.24, 2.45) is 0 Å². The summed E-state index contributed by atoms with van der Waals surface area (Å²) in [5.41, 5.74) is 4.25. The van der Waals surface area contributed by atoms with E-state index in [0.717, 1.165) is 28.0 Å². The molecule has 27 heavy (non-hydrogen) atoms. The molecule has 0 unspecified atom stereocenters. The minimum atomic E-state index is 0.331. The van der Waals surface area contributed by atoms with E-state index in [1.54, 1.807) is 12.1 Å². The zero-order valence-electron chi connectivity index (χ0n) is 14.7. The van der Waals surface area contributed by atoms with Crippen LogP contribution < -0.4 is 4.74 Å². The molecule has 4 rings (SSSR count). The Kier molecular flexibility index (Phi) is 4.84. The minimum absolute atomic E-state index is 0.331. The Morgan fingerprint density at radius 1 is 0.741 bits per heavy atom. The van der Waals surface area contributed by atoms with Gasteiger partial charge in [0, 0.05) is 5.56 Å². The van der Waals surface area contributed by atoms with Gasteiger partial charge in [-0.25, -0.2) is 0 Å². The predicted molar refractivity (Wildman–Crippen MR) is 106 cm³/mol. The SMILES string of the molecule is O=Cc1ccc(-c2ccc(-c3cccc(OCc4ccccc4)c3)cc2)o1. The Morgan fingerprint density at radius 2 is 1.52 bits per heavy atom. The van der Waals surface area contributed by atoms with Gasteiger partial charge >= 0.3 is 0 Å². The number of carbonyl (C=O) groups excluding carboxylic acids is 1. The van der Waals surface area contributed by atoms with Crippen LogP contribution in [0.4, 0.5) is 0 Å². The lowest BCUT2D eigenvalue weighted by Gasteiger charge is -2.09. The first kappa shape index (κ1) is 16.9. The molecule has 1 heterocycles. The van der Waals surface area contributed by atoms with Crippen LogP contribution in [0, 0.1) is 0 Å². The van der Waals surface area contributed by atoms with Crippen molar-refractivity contribution in [3.8, 4) is 28.2 Å². The van der Waals surface area contributed by atoms with Crippen molar-refractivity contribution in [3.63, 3.8) is 0 Å². The van der Waals surface area contributed by atoms with Gasteiger partial charge in [-0.3, -0.25) is 4.79 Å². The molecule has 0 aliphatic carbocycles. The summed E-state index contributed by atoms with van der Waals surface area (Å²) in [7, 11) is 0. The van der Waals surface area contributed by atoms with Crippen molar-refractivity contribution in [1.82, 2.24) is 0 Å². The van der Waals surface area contributed by atoms with Gasteiger partial charge in [0.15, 0.2) is 12.0 Å². The molecule has 0 spiro atoms. The summed E-state index contributed by atoms with van der Waals surface area (Å²) in [6.07, 6.45) is 0.707. The second-order valence-electron chi connectivity index (χ2n) is 6.20. The van der Waals surface area contributed by atoms with Gasteiger partial charge < -0.3 is 9.15 Å². The van der Waals surface area contributed by atoms with Gasteiger partial charge in [-0.1, -0.05) is 66.7 Å². The van der Waals surface area contributed by atoms with E-state index in [-0.39, 0.29) is 0 Å².